The molecule has 2 aliphatic carbocycles. The Morgan fingerprint density at radius 3 is 2.37 bits per heavy atom. The van der Waals surface area contributed by atoms with Crippen molar-refractivity contribution in [3.05, 3.63) is 12.0 Å². The summed E-state index contributed by atoms with van der Waals surface area (Å²) in [5, 5.41) is 10.4. The number of allylic oxidation sites excluding steroid dienone is 1. The molecule has 3 unspecified atom stereocenters. The fourth-order valence-electron chi connectivity index (χ4n) is 5.11. The van der Waals surface area contributed by atoms with Gasteiger partial charge in [-0.15, -0.1) is 11.8 Å². The van der Waals surface area contributed by atoms with Gasteiger partial charge in [-0.05, 0) is 37.5 Å². The molecule has 0 aromatic carbocycles. The summed E-state index contributed by atoms with van der Waals surface area (Å²) in [4.78, 5) is 15.1. The highest BCUT2D eigenvalue weighted by Gasteiger charge is 2.38. The first kappa shape index (κ1) is 21.1. The van der Waals surface area contributed by atoms with E-state index in [-0.39, 0.29) is 11.2 Å². The third-order valence-electron chi connectivity index (χ3n) is 6.91. The lowest BCUT2D eigenvalue weighted by molar-refractivity contribution is -0.126. The zero-order valence-corrected chi connectivity index (χ0v) is 18.0. The van der Waals surface area contributed by atoms with E-state index in [2.05, 4.69) is 6.92 Å². The summed E-state index contributed by atoms with van der Waals surface area (Å²) in [5.41, 5.74) is 0.859. The molecule has 3 aliphatic rings. The largest absolute Gasteiger partial charge is 0.514 e. The third-order valence-corrected chi connectivity index (χ3v) is 8.46. The van der Waals surface area contributed by atoms with Gasteiger partial charge < -0.3 is 10.0 Å². The van der Waals surface area contributed by atoms with Crippen LogP contribution < -0.4 is 0 Å². The van der Waals surface area contributed by atoms with Crippen molar-refractivity contribution in [1.29, 1.82) is 0 Å². The first-order chi connectivity index (χ1) is 13.2. The molecule has 1 aliphatic heterocycles. The summed E-state index contributed by atoms with van der Waals surface area (Å²) in [6.07, 6.45) is 18.9. The molecule has 3 rings (SSSR count). The molecule has 0 aromatic rings. The molecule has 154 valence electrons. The minimum atomic E-state index is 0.0267. The Morgan fingerprint density at radius 1 is 0.963 bits per heavy atom. The first-order valence-corrected chi connectivity index (χ1v) is 12.4. The number of likely N-dealkylation sites (tertiary alicyclic amines) is 1. The van der Waals surface area contributed by atoms with E-state index in [4.69, 9.17) is 0 Å². The molecule has 0 spiro atoms. The van der Waals surface area contributed by atoms with Crippen LogP contribution in [0.4, 0.5) is 0 Å². The number of rotatable bonds is 4. The number of aliphatic hydroxyl groups excluding tert-OH is 1. The molecule has 4 heteroatoms. The highest BCUT2D eigenvalue weighted by atomic mass is 32.2. The molecule has 0 bridgehead atoms. The molecule has 3 fully saturated rings. The molecule has 3 atom stereocenters. The van der Waals surface area contributed by atoms with E-state index in [9.17, 15) is 9.90 Å². The molecule has 3 nitrogen and oxygen atoms in total. The van der Waals surface area contributed by atoms with E-state index >= 15 is 0 Å². The summed E-state index contributed by atoms with van der Waals surface area (Å²) >= 11 is 1.91. The number of hydrogen-bond acceptors (Lipinski definition) is 3. The van der Waals surface area contributed by atoms with Gasteiger partial charge in [-0.25, -0.2) is 0 Å². The highest BCUT2D eigenvalue weighted by molar-refractivity contribution is 8.01. The second-order valence-electron chi connectivity index (χ2n) is 9.20. The van der Waals surface area contributed by atoms with Crippen molar-refractivity contribution in [2.45, 2.75) is 107 Å². The Balaban J connectivity index is 1.57. The van der Waals surface area contributed by atoms with Gasteiger partial charge >= 0.3 is 0 Å². The number of carbonyl (C=O) groups excluding carboxylic acids is 1. The third kappa shape index (κ3) is 6.17. The lowest BCUT2D eigenvalue weighted by atomic mass is 9.98. The molecule has 1 N–H and O–H groups in total. The average molecular weight is 394 g/mol. The molecular weight excluding hydrogens is 354 g/mol. The monoisotopic (exact) mass is 393 g/mol. The normalized spacial score (nSPS) is 33.5. The van der Waals surface area contributed by atoms with E-state index in [0.717, 1.165) is 24.6 Å². The Labute approximate surface area is 170 Å². The number of aliphatic hydroxyl groups is 1. The Kier molecular flexibility index (Phi) is 8.42. The van der Waals surface area contributed by atoms with E-state index in [1.807, 2.05) is 16.7 Å². The van der Waals surface area contributed by atoms with E-state index in [1.54, 1.807) is 0 Å². The molecule has 1 saturated heterocycles. The lowest BCUT2D eigenvalue weighted by Gasteiger charge is -2.24. The lowest BCUT2D eigenvalue weighted by Crippen LogP contribution is -2.33. The SMILES string of the molecule is CC1CCCC(CN2C(=O)C(SC3CCCCCCCC3)C/C2=C\O)CC1. The van der Waals surface area contributed by atoms with Gasteiger partial charge in [-0.3, -0.25) is 4.79 Å². The van der Waals surface area contributed by atoms with Crippen molar-refractivity contribution < 1.29 is 9.90 Å². The fourth-order valence-corrected chi connectivity index (χ4v) is 6.69. The van der Waals surface area contributed by atoms with Crippen LogP contribution in [0.2, 0.25) is 0 Å². The molecule has 27 heavy (non-hydrogen) atoms. The predicted octanol–water partition coefficient (Wildman–Crippen LogP) is 6.44. The van der Waals surface area contributed by atoms with Crippen LogP contribution in [0.25, 0.3) is 0 Å². The average Bonchev–Trinajstić information content (AvgIpc) is 2.89. The Hall–Kier alpha value is -0.640. The van der Waals surface area contributed by atoms with Crippen LogP contribution in [-0.4, -0.2) is 33.0 Å². The molecule has 1 amide bonds. The highest BCUT2D eigenvalue weighted by Crippen LogP contribution is 2.38. The maximum absolute atomic E-state index is 13.1. The summed E-state index contributed by atoms with van der Waals surface area (Å²) in [6, 6.07) is 0. The second-order valence-corrected chi connectivity index (χ2v) is 10.7. The fraction of sp³-hybridized carbons (Fsp3) is 0.870. The van der Waals surface area contributed by atoms with Crippen molar-refractivity contribution in [2.24, 2.45) is 11.8 Å². The van der Waals surface area contributed by atoms with E-state index < -0.39 is 0 Å². The maximum Gasteiger partial charge on any atom is 0.240 e. The van der Waals surface area contributed by atoms with Crippen LogP contribution >= 0.6 is 11.8 Å². The summed E-state index contributed by atoms with van der Waals surface area (Å²) in [7, 11) is 0. The summed E-state index contributed by atoms with van der Waals surface area (Å²) in [5.74, 6) is 1.68. The van der Waals surface area contributed by atoms with Gasteiger partial charge in [-0.2, -0.15) is 0 Å². The van der Waals surface area contributed by atoms with Crippen LogP contribution in [0.5, 0.6) is 0 Å². The van der Waals surface area contributed by atoms with Crippen molar-refractivity contribution >= 4 is 17.7 Å². The number of amides is 1. The van der Waals surface area contributed by atoms with Crippen LogP contribution in [0.3, 0.4) is 0 Å². The van der Waals surface area contributed by atoms with E-state index in [0.29, 0.717) is 11.2 Å². The van der Waals surface area contributed by atoms with E-state index in [1.165, 1.54) is 89.7 Å². The Bertz CT molecular complexity index is 497. The number of nitrogens with zero attached hydrogens (tertiary/aromatic N) is 1. The number of carbonyl (C=O) groups is 1. The summed E-state index contributed by atoms with van der Waals surface area (Å²) < 4.78 is 0. The standard InChI is InChI=1S/C23H39NO2S/c1-18-9-8-10-19(14-13-18)16-24-20(17-25)15-22(23(24)26)27-21-11-6-4-2-3-5-7-12-21/h17-19,21-22,25H,2-16H2,1H3/b20-17+. The molecule has 0 radical (unpaired) electrons. The van der Waals surface area contributed by atoms with Crippen molar-refractivity contribution in [3.63, 3.8) is 0 Å². The minimum absolute atomic E-state index is 0.0267. The van der Waals surface area contributed by atoms with Crippen LogP contribution in [-0.2, 0) is 4.79 Å². The minimum Gasteiger partial charge on any atom is -0.514 e. The van der Waals surface area contributed by atoms with Crippen LogP contribution in [0, 0.1) is 11.8 Å². The summed E-state index contributed by atoms with van der Waals surface area (Å²) in [6.45, 7) is 3.17. The first-order valence-electron chi connectivity index (χ1n) is 11.5. The van der Waals surface area contributed by atoms with Gasteiger partial charge in [0.15, 0.2) is 0 Å². The molecule has 2 saturated carbocycles. The van der Waals surface area contributed by atoms with Gasteiger partial charge in [0, 0.05) is 18.2 Å². The van der Waals surface area contributed by atoms with Gasteiger partial charge in [0.25, 0.3) is 0 Å². The Morgan fingerprint density at radius 2 is 1.67 bits per heavy atom. The van der Waals surface area contributed by atoms with Crippen LogP contribution in [0.1, 0.15) is 96.8 Å². The number of hydrogen-bond donors (Lipinski definition) is 1. The van der Waals surface area contributed by atoms with Gasteiger partial charge in [0.05, 0.1) is 17.2 Å². The van der Waals surface area contributed by atoms with Crippen molar-refractivity contribution in [1.82, 2.24) is 4.90 Å². The quantitative estimate of drug-likeness (QED) is 0.441. The van der Waals surface area contributed by atoms with Gasteiger partial charge in [0.2, 0.25) is 5.91 Å². The van der Waals surface area contributed by atoms with Crippen LogP contribution in [0.15, 0.2) is 12.0 Å². The predicted molar refractivity (Wildman–Crippen MR) is 115 cm³/mol. The zero-order valence-electron chi connectivity index (χ0n) is 17.2. The van der Waals surface area contributed by atoms with Gasteiger partial charge in [0.1, 0.15) is 0 Å². The smallest absolute Gasteiger partial charge is 0.240 e. The van der Waals surface area contributed by atoms with Crippen molar-refractivity contribution in [3.8, 4) is 0 Å². The molecule has 0 aromatic heterocycles. The molecule has 1 heterocycles. The second kappa shape index (κ2) is 10.8. The van der Waals surface area contributed by atoms with Gasteiger partial charge in [-0.1, -0.05) is 64.7 Å². The topological polar surface area (TPSA) is 40.5 Å². The zero-order chi connectivity index (χ0) is 19.1. The molecular formula is C23H39NO2S. The van der Waals surface area contributed by atoms with Crippen molar-refractivity contribution in [2.75, 3.05) is 6.54 Å². The maximum atomic E-state index is 13.1. The number of thioether (sulfide) groups is 1.